The van der Waals surface area contributed by atoms with Crippen molar-refractivity contribution in [2.75, 3.05) is 19.3 Å². The molecule has 0 amide bonds. The van der Waals surface area contributed by atoms with Crippen LogP contribution in [0, 0.1) is 0 Å². The number of aromatic nitrogens is 1. The number of sulfonamides is 1. The SMILES string of the molecule is CS(=O)(=O)N1CCC(NCc2ccc(-n3cccc3)cc2)CC1.O=C(O)C(F)(F)F. The Balaban J connectivity index is 0.000000396. The first-order valence-corrected chi connectivity index (χ1v) is 11.0. The Morgan fingerprint density at radius 1 is 1.13 bits per heavy atom. The average molecular weight is 447 g/mol. The molecule has 0 radical (unpaired) electrons. The summed E-state index contributed by atoms with van der Waals surface area (Å²) in [4.78, 5) is 8.90. The van der Waals surface area contributed by atoms with E-state index in [0.717, 1.165) is 25.1 Å². The fraction of sp³-hybridized carbons (Fsp3) is 0.421. The molecule has 3 rings (SSSR count). The lowest BCUT2D eigenvalue weighted by atomic mass is 10.1. The zero-order valence-electron chi connectivity index (χ0n) is 16.3. The van der Waals surface area contributed by atoms with Crippen molar-refractivity contribution in [3.05, 3.63) is 54.4 Å². The molecule has 11 heteroatoms. The van der Waals surface area contributed by atoms with Crippen molar-refractivity contribution >= 4 is 16.0 Å². The smallest absolute Gasteiger partial charge is 0.475 e. The number of carbonyl (C=O) groups is 1. The summed E-state index contributed by atoms with van der Waals surface area (Å²) in [6, 6.07) is 12.9. The summed E-state index contributed by atoms with van der Waals surface area (Å²) in [7, 11) is -3.04. The summed E-state index contributed by atoms with van der Waals surface area (Å²) < 4.78 is 58.4. The lowest BCUT2D eigenvalue weighted by Crippen LogP contribution is -2.44. The van der Waals surface area contributed by atoms with E-state index in [1.165, 1.54) is 11.8 Å². The first-order valence-electron chi connectivity index (χ1n) is 9.17. The second kappa shape index (κ2) is 10.1. The summed E-state index contributed by atoms with van der Waals surface area (Å²) in [6.45, 7) is 2.04. The van der Waals surface area contributed by atoms with Crippen LogP contribution in [0.2, 0.25) is 0 Å². The van der Waals surface area contributed by atoms with Gasteiger partial charge in [-0.05, 0) is 42.7 Å². The third-order valence-electron chi connectivity index (χ3n) is 4.60. The van der Waals surface area contributed by atoms with Crippen LogP contribution < -0.4 is 5.32 Å². The first kappa shape index (κ1) is 23.9. The molecule has 0 atom stereocenters. The molecule has 0 unspecified atom stereocenters. The maximum atomic E-state index is 11.5. The summed E-state index contributed by atoms with van der Waals surface area (Å²) in [5, 5.41) is 10.7. The zero-order valence-corrected chi connectivity index (χ0v) is 17.2. The molecule has 0 bridgehead atoms. The van der Waals surface area contributed by atoms with Crippen LogP contribution >= 0.6 is 0 Å². The lowest BCUT2D eigenvalue weighted by Gasteiger charge is -2.30. The van der Waals surface area contributed by atoms with Crippen LogP contribution in [0.5, 0.6) is 0 Å². The molecule has 30 heavy (non-hydrogen) atoms. The minimum atomic E-state index is -5.08. The van der Waals surface area contributed by atoms with E-state index < -0.39 is 22.2 Å². The fourth-order valence-corrected chi connectivity index (χ4v) is 3.82. The Morgan fingerprint density at radius 2 is 1.63 bits per heavy atom. The molecular weight excluding hydrogens is 423 g/mol. The van der Waals surface area contributed by atoms with E-state index in [-0.39, 0.29) is 0 Å². The van der Waals surface area contributed by atoms with Crippen LogP contribution in [0.25, 0.3) is 5.69 Å². The second-order valence-corrected chi connectivity index (χ2v) is 8.86. The molecule has 1 saturated heterocycles. The van der Waals surface area contributed by atoms with Crippen molar-refractivity contribution < 1.29 is 31.5 Å². The number of alkyl halides is 3. The highest BCUT2D eigenvalue weighted by molar-refractivity contribution is 7.88. The van der Waals surface area contributed by atoms with Gasteiger partial charge in [-0.2, -0.15) is 13.2 Å². The van der Waals surface area contributed by atoms with Crippen LogP contribution in [0.1, 0.15) is 18.4 Å². The Labute approximate surface area is 173 Å². The van der Waals surface area contributed by atoms with Crippen molar-refractivity contribution in [3.8, 4) is 5.69 Å². The van der Waals surface area contributed by atoms with Gasteiger partial charge in [0.15, 0.2) is 0 Å². The molecule has 1 fully saturated rings. The molecule has 0 spiro atoms. The third-order valence-corrected chi connectivity index (χ3v) is 5.90. The van der Waals surface area contributed by atoms with E-state index >= 15 is 0 Å². The van der Waals surface area contributed by atoms with Crippen molar-refractivity contribution in [1.82, 2.24) is 14.2 Å². The maximum absolute atomic E-state index is 11.5. The van der Waals surface area contributed by atoms with Gasteiger partial charge in [-0.15, -0.1) is 0 Å². The van der Waals surface area contributed by atoms with E-state index in [1.807, 2.05) is 24.5 Å². The number of aliphatic carboxylic acids is 1. The number of nitrogens with one attached hydrogen (secondary N) is 1. The van der Waals surface area contributed by atoms with Crippen LogP contribution in [0.15, 0.2) is 48.8 Å². The normalized spacial score (nSPS) is 16.0. The van der Waals surface area contributed by atoms with Gasteiger partial charge in [0.2, 0.25) is 10.0 Å². The minimum absolute atomic E-state index is 0.386. The standard InChI is InChI=1S/C17H23N3O2S.C2HF3O2/c1-23(21,22)20-12-8-16(9-13-20)18-14-15-4-6-17(7-5-15)19-10-2-3-11-19;3-2(4,5)1(6)7/h2-7,10-11,16,18H,8-9,12-14H2,1H3;(H,6,7). The van der Waals surface area contributed by atoms with E-state index in [2.05, 4.69) is 34.1 Å². The first-order chi connectivity index (χ1) is 14.0. The number of benzene rings is 1. The number of nitrogens with zero attached hydrogens (tertiary/aromatic N) is 2. The Kier molecular flexibility index (Phi) is 8.04. The lowest BCUT2D eigenvalue weighted by molar-refractivity contribution is -0.192. The Hall–Kier alpha value is -2.37. The molecule has 1 aromatic carbocycles. The summed E-state index contributed by atoms with van der Waals surface area (Å²) in [5.41, 5.74) is 2.40. The number of hydrogen-bond donors (Lipinski definition) is 2. The van der Waals surface area contributed by atoms with Crippen molar-refractivity contribution in [2.24, 2.45) is 0 Å². The van der Waals surface area contributed by atoms with E-state index in [4.69, 9.17) is 9.90 Å². The third kappa shape index (κ3) is 7.47. The number of piperidine rings is 1. The summed E-state index contributed by atoms with van der Waals surface area (Å²) >= 11 is 0. The predicted molar refractivity (Wildman–Crippen MR) is 106 cm³/mol. The molecule has 166 valence electrons. The molecule has 2 aromatic rings. The number of carboxylic acid groups (broad SMARTS) is 1. The van der Waals surface area contributed by atoms with Crippen molar-refractivity contribution in [2.45, 2.75) is 31.6 Å². The van der Waals surface area contributed by atoms with Gasteiger partial charge < -0.3 is 15.0 Å². The average Bonchev–Trinajstić information content (AvgIpc) is 3.21. The molecule has 0 saturated carbocycles. The van der Waals surface area contributed by atoms with Gasteiger partial charge in [0.1, 0.15) is 0 Å². The molecule has 2 heterocycles. The van der Waals surface area contributed by atoms with Crippen LogP contribution in [0.4, 0.5) is 13.2 Å². The van der Waals surface area contributed by atoms with Gasteiger partial charge in [0.05, 0.1) is 6.26 Å². The van der Waals surface area contributed by atoms with E-state index in [1.54, 1.807) is 4.31 Å². The molecule has 1 aliphatic rings. The van der Waals surface area contributed by atoms with Gasteiger partial charge in [0, 0.05) is 43.8 Å². The molecular formula is C19H24F3N3O4S. The Morgan fingerprint density at radius 3 is 2.07 bits per heavy atom. The molecule has 2 N–H and O–H groups in total. The van der Waals surface area contributed by atoms with Crippen molar-refractivity contribution in [3.63, 3.8) is 0 Å². The summed E-state index contributed by atoms with van der Waals surface area (Å²) in [6.07, 6.45) is 2.00. The van der Waals surface area contributed by atoms with Gasteiger partial charge in [0.25, 0.3) is 0 Å². The fourth-order valence-electron chi connectivity index (χ4n) is 2.95. The Bertz CT molecular complexity index is 906. The van der Waals surface area contributed by atoms with Gasteiger partial charge >= 0.3 is 12.1 Å². The number of halogens is 3. The zero-order chi connectivity index (χ0) is 22.4. The van der Waals surface area contributed by atoms with Crippen LogP contribution in [0.3, 0.4) is 0 Å². The van der Waals surface area contributed by atoms with Crippen molar-refractivity contribution in [1.29, 1.82) is 0 Å². The molecule has 1 aliphatic heterocycles. The molecule has 0 aliphatic carbocycles. The summed E-state index contributed by atoms with van der Waals surface area (Å²) in [5.74, 6) is -2.76. The van der Waals surface area contributed by atoms with Gasteiger partial charge in [-0.3, -0.25) is 0 Å². The van der Waals surface area contributed by atoms with E-state index in [9.17, 15) is 21.6 Å². The highest BCUT2D eigenvalue weighted by atomic mass is 32.2. The minimum Gasteiger partial charge on any atom is -0.475 e. The molecule has 7 nitrogen and oxygen atoms in total. The van der Waals surface area contributed by atoms with Crippen LogP contribution in [-0.4, -0.2) is 59.9 Å². The second-order valence-electron chi connectivity index (χ2n) is 6.88. The largest absolute Gasteiger partial charge is 0.490 e. The number of carboxylic acids is 1. The quantitative estimate of drug-likeness (QED) is 0.735. The monoisotopic (exact) mass is 447 g/mol. The van der Waals surface area contributed by atoms with Gasteiger partial charge in [-0.25, -0.2) is 17.5 Å². The topological polar surface area (TPSA) is 91.6 Å². The molecule has 1 aromatic heterocycles. The number of rotatable bonds is 5. The van der Waals surface area contributed by atoms with Gasteiger partial charge in [-0.1, -0.05) is 12.1 Å². The number of hydrogen-bond acceptors (Lipinski definition) is 4. The maximum Gasteiger partial charge on any atom is 0.490 e. The highest BCUT2D eigenvalue weighted by Crippen LogP contribution is 2.15. The highest BCUT2D eigenvalue weighted by Gasteiger charge is 2.38. The van der Waals surface area contributed by atoms with Crippen LogP contribution in [-0.2, 0) is 21.4 Å². The predicted octanol–water partition coefficient (Wildman–Crippen LogP) is 2.62. The van der Waals surface area contributed by atoms with E-state index in [0.29, 0.717) is 19.1 Å².